The van der Waals surface area contributed by atoms with Crippen LogP contribution >= 0.6 is 0 Å². The molecule has 0 aromatic heterocycles. The van der Waals surface area contributed by atoms with Crippen molar-refractivity contribution >= 4 is 8.56 Å². The lowest BCUT2D eigenvalue weighted by Crippen LogP contribution is -2.57. The van der Waals surface area contributed by atoms with Crippen LogP contribution in [0.3, 0.4) is 0 Å². The van der Waals surface area contributed by atoms with Gasteiger partial charge < -0.3 is 8.85 Å². The molecule has 0 aliphatic carbocycles. The summed E-state index contributed by atoms with van der Waals surface area (Å²) < 4.78 is 12.2. The van der Waals surface area contributed by atoms with Gasteiger partial charge >= 0.3 is 8.56 Å². The highest BCUT2D eigenvalue weighted by Gasteiger charge is 2.57. The van der Waals surface area contributed by atoms with Crippen LogP contribution in [0.15, 0.2) is 0 Å². The Bertz CT molecular complexity index is 167. The third-order valence-corrected chi connectivity index (χ3v) is 8.01. The molecule has 0 fully saturated rings. The molecule has 0 atom stereocenters. The quantitative estimate of drug-likeness (QED) is 0.679. The zero-order valence-electron chi connectivity index (χ0n) is 11.7. The van der Waals surface area contributed by atoms with Crippen molar-refractivity contribution in [1.82, 2.24) is 0 Å². The molecule has 2 nitrogen and oxygen atoms in total. The predicted molar refractivity (Wildman–Crippen MR) is 68.4 cm³/mol. The van der Waals surface area contributed by atoms with Crippen molar-refractivity contribution in [1.29, 1.82) is 0 Å². The monoisotopic (exact) mass is 232 g/mol. The molecule has 0 aliphatic heterocycles. The van der Waals surface area contributed by atoms with Crippen molar-refractivity contribution in [2.24, 2.45) is 0 Å². The SMILES string of the molecule is CCO[Si](OCC)(C(C)(C)C)C(C)(C)C. The first-order chi connectivity index (χ1) is 6.62. The third-order valence-electron chi connectivity index (χ3n) is 2.67. The number of hydrogen-bond acceptors (Lipinski definition) is 2. The fourth-order valence-electron chi connectivity index (χ4n) is 2.44. The molecule has 0 radical (unpaired) electrons. The fraction of sp³-hybridized carbons (Fsp3) is 1.00. The lowest BCUT2D eigenvalue weighted by atomic mass is 10.2. The van der Waals surface area contributed by atoms with Gasteiger partial charge in [0.1, 0.15) is 0 Å². The van der Waals surface area contributed by atoms with Crippen molar-refractivity contribution in [3.05, 3.63) is 0 Å². The summed E-state index contributed by atoms with van der Waals surface area (Å²) in [5, 5.41) is 0.189. The molecule has 0 amide bonds. The zero-order chi connectivity index (χ0) is 12.3. The first-order valence-electron chi connectivity index (χ1n) is 5.90. The van der Waals surface area contributed by atoms with Crippen LogP contribution in [-0.2, 0) is 8.85 Å². The van der Waals surface area contributed by atoms with Crippen LogP contribution in [0.25, 0.3) is 0 Å². The maximum Gasteiger partial charge on any atom is 0.349 e. The van der Waals surface area contributed by atoms with Crippen LogP contribution in [0.1, 0.15) is 55.4 Å². The van der Waals surface area contributed by atoms with E-state index in [1.807, 2.05) is 0 Å². The van der Waals surface area contributed by atoms with Gasteiger partial charge in [-0.3, -0.25) is 0 Å². The fourth-order valence-corrected chi connectivity index (χ4v) is 7.32. The van der Waals surface area contributed by atoms with E-state index in [0.717, 1.165) is 13.2 Å². The standard InChI is InChI=1S/C12H28O2Si/c1-9-13-15(14-10-2,11(3,4)5)12(6,7)8/h9-10H2,1-8H3. The highest BCUT2D eigenvalue weighted by atomic mass is 28.4. The lowest BCUT2D eigenvalue weighted by molar-refractivity contribution is 0.138. The molecule has 92 valence electrons. The van der Waals surface area contributed by atoms with Gasteiger partial charge in [-0.15, -0.1) is 0 Å². The van der Waals surface area contributed by atoms with E-state index in [9.17, 15) is 0 Å². The molecular formula is C12H28O2Si. The molecule has 15 heavy (non-hydrogen) atoms. The summed E-state index contributed by atoms with van der Waals surface area (Å²) >= 11 is 0. The van der Waals surface area contributed by atoms with Gasteiger partial charge in [-0.1, -0.05) is 41.5 Å². The summed E-state index contributed by atoms with van der Waals surface area (Å²) in [5.41, 5.74) is 0. The van der Waals surface area contributed by atoms with Crippen LogP contribution in [-0.4, -0.2) is 21.8 Å². The van der Waals surface area contributed by atoms with Crippen LogP contribution in [0.5, 0.6) is 0 Å². The Balaban J connectivity index is 5.28. The van der Waals surface area contributed by atoms with E-state index in [1.165, 1.54) is 0 Å². The first-order valence-corrected chi connectivity index (χ1v) is 7.72. The normalized spacial score (nSPS) is 14.4. The lowest BCUT2D eigenvalue weighted by Gasteiger charge is -2.48. The number of rotatable bonds is 4. The van der Waals surface area contributed by atoms with E-state index >= 15 is 0 Å². The Morgan fingerprint density at radius 2 is 1.00 bits per heavy atom. The molecule has 3 heteroatoms. The van der Waals surface area contributed by atoms with E-state index in [4.69, 9.17) is 8.85 Å². The van der Waals surface area contributed by atoms with Crippen LogP contribution < -0.4 is 0 Å². The largest absolute Gasteiger partial charge is 0.394 e. The zero-order valence-corrected chi connectivity index (χ0v) is 12.7. The van der Waals surface area contributed by atoms with Crippen molar-refractivity contribution in [3.8, 4) is 0 Å². The molecule has 0 N–H and O–H groups in total. The highest BCUT2D eigenvalue weighted by molar-refractivity contribution is 6.73. The summed E-state index contributed by atoms with van der Waals surface area (Å²) in [6.07, 6.45) is 0. The van der Waals surface area contributed by atoms with Crippen molar-refractivity contribution in [3.63, 3.8) is 0 Å². The number of hydrogen-bond donors (Lipinski definition) is 0. The maximum atomic E-state index is 6.12. The smallest absolute Gasteiger partial charge is 0.349 e. The van der Waals surface area contributed by atoms with Crippen LogP contribution in [0.4, 0.5) is 0 Å². The van der Waals surface area contributed by atoms with Crippen LogP contribution in [0, 0.1) is 0 Å². The van der Waals surface area contributed by atoms with Gasteiger partial charge in [-0.05, 0) is 13.8 Å². The molecule has 0 saturated heterocycles. The van der Waals surface area contributed by atoms with E-state index in [-0.39, 0.29) is 10.1 Å². The van der Waals surface area contributed by atoms with Crippen molar-refractivity contribution < 1.29 is 8.85 Å². The minimum Gasteiger partial charge on any atom is -0.394 e. The van der Waals surface area contributed by atoms with Gasteiger partial charge in [0.2, 0.25) is 0 Å². The maximum absolute atomic E-state index is 6.12. The van der Waals surface area contributed by atoms with Crippen molar-refractivity contribution in [2.45, 2.75) is 65.5 Å². The minimum absolute atomic E-state index is 0.0945. The molecule has 0 bridgehead atoms. The molecule has 0 aromatic rings. The van der Waals surface area contributed by atoms with E-state index in [2.05, 4.69) is 55.4 Å². The second kappa shape index (κ2) is 4.98. The van der Waals surface area contributed by atoms with Crippen LogP contribution in [0.2, 0.25) is 10.1 Å². The molecule has 0 aromatic carbocycles. The summed E-state index contributed by atoms with van der Waals surface area (Å²) in [6.45, 7) is 19.0. The average Bonchev–Trinajstić information content (AvgIpc) is 1.99. The second-order valence-electron chi connectivity index (χ2n) is 5.98. The van der Waals surface area contributed by atoms with Gasteiger partial charge in [-0.25, -0.2) is 0 Å². The van der Waals surface area contributed by atoms with Gasteiger partial charge in [0.25, 0.3) is 0 Å². The van der Waals surface area contributed by atoms with E-state index < -0.39 is 8.56 Å². The Kier molecular flexibility index (Phi) is 5.02. The van der Waals surface area contributed by atoms with Gasteiger partial charge in [0, 0.05) is 23.3 Å². The average molecular weight is 232 g/mol. The predicted octanol–water partition coefficient (Wildman–Crippen LogP) is 4.10. The topological polar surface area (TPSA) is 18.5 Å². The third kappa shape index (κ3) is 3.05. The second-order valence-corrected chi connectivity index (χ2v) is 10.8. The molecule has 0 saturated carbocycles. The van der Waals surface area contributed by atoms with Crippen molar-refractivity contribution in [2.75, 3.05) is 13.2 Å². The minimum atomic E-state index is -2.20. The van der Waals surface area contributed by atoms with E-state index in [1.54, 1.807) is 0 Å². The molecule has 0 aliphatic rings. The van der Waals surface area contributed by atoms with Gasteiger partial charge in [-0.2, -0.15) is 0 Å². The summed E-state index contributed by atoms with van der Waals surface area (Å²) in [6, 6.07) is 0. The molecule has 0 heterocycles. The molecule has 0 spiro atoms. The Hall–Kier alpha value is 0.137. The molecule has 0 rings (SSSR count). The Morgan fingerprint density at radius 1 is 0.733 bits per heavy atom. The van der Waals surface area contributed by atoms with Gasteiger partial charge in [0.15, 0.2) is 0 Å². The Labute approximate surface area is 96.6 Å². The molecular weight excluding hydrogens is 204 g/mol. The first kappa shape index (κ1) is 15.1. The molecule has 0 unspecified atom stereocenters. The highest BCUT2D eigenvalue weighted by Crippen LogP contribution is 2.52. The Morgan fingerprint density at radius 3 is 1.13 bits per heavy atom. The summed E-state index contributed by atoms with van der Waals surface area (Å²) in [5.74, 6) is 0. The summed E-state index contributed by atoms with van der Waals surface area (Å²) in [4.78, 5) is 0. The van der Waals surface area contributed by atoms with Gasteiger partial charge in [0.05, 0.1) is 0 Å². The van der Waals surface area contributed by atoms with E-state index in [0.29, 0.717) is 0 Å². The summed E-state index contributed by atoms with van der Waals surface area (Å²) in [7, 11) is -2.20.